The van der Waals surface area contributed by atoms with E-state index in [1.165, 1.54) is 0 Å². The van der Waals surface area contributed by atoms with Crippen LogP contribution in [-0.2, 0) is 4.79 Å². The maximum Gasteiger partial charge on any atom is 0.255 e. The van der Waals surface area contributed by atoms with Crippen LogP contribution in [0.5, 0.6) is 23.0 Å². The Bertz CT molecular complexity index is 1430. The number of carbonyl (C=O) groups excluding carboxylic acids is 1. The second kappa shape index (κ2) is 14.2. The number of hydrogen-bond donors (Lipinski definition) is 4. The summed E-state index contributed by atoms with van der Waals surface area (Å²) in [6.07, 6.45) is 0. The number of phenolic OH excluding ortho intramolecular Hbond substituents is 1. The van der Waals surface area contributed by atoms with E-state index >= 15 is 0 Å². The third kappa shape index (κ3) is 8.77. The molecule has 4 aromatic rings. The number of carbonyl (C=O) groups is 1. The number of primary amides is 1. The van der Waals surface area contributed by atoms with Crippen molar-refractivity contribution in [1.29, 1.82) is 0 Å². The first kappa shape index (κ1) is 29.5. The van der Waals surface area contributed by atoms with Crippen molar-refractivity contribution in [2.45, 2.75) is 0 Å². The van der Waals surface area contributed by atoms with Gasteiger partial charge in [-0.3, -0.25) is 4.79 Å². The Morgan fingerprint density at radius 1 is 0.850 bits per heavy atom. The number of nitrogen functional groups attached to an aromatic ring is 2. The SMILES string of the molecule is CN(C)CCOc1ccc(-c2cccc(N)n2)c(O)c1.COc1cc(OCC(N)=O)ccc1-c1cccc(N)n1. The number of rotatable bonds is 10. The molecular formula is C29H34N6O5. The third-order valence-electron chi connectivity index (χ3n) is 5.42. The topological polar surface area (TPSA) is 172 Å². The van der Waals surface area contributed by atoms with E-state index in [2.05, 4.69) is 9.97 Å². The first-order valence-corrected chi connectivity index (χ1v) is 12.3. The largest absolute Gasteiger partial charge is 0.507 e. The molecule has 0 unspecified atom stereocenters. The van der Waals surface area contributed by atoms with Crippen molar-refractivity contribution in [3.8, 4) is 45.5 Å². The average Bonchev–Trinajstić information content (AvgIpc) is 2.92. The Balaban J connectivity index is 0.000000220. The van der Waals surface area contributed by atoms with Crippen LogP contribution >= 0.6 is 0 Å². The summed E-state index contributed by atoms with van der Waals surface area (Å²) in [6, 6.07) is 21.0. The van der Waals surface area contributed by atoms with E-state index < -0.39 is 5.91 Å². The normalized spacial score (nSPS) is 10.4. The van der Waals surface area contributed by atoms with Gasteiger partial charge in [-0.2, -0.15) is 0 Å². The zero-order valence-corrected chi connectivity index (χ0v) is 22.7. The van der Waals surface area contributed by atoms with E-state index in [1.807, 2.05) is 37.2 Å². The van der Waals surface area contributed by atoms with E-state index in [0.717, 1.165) is 12.1 Å². The van der Waals surface area contributed by atoms with Gasteiger partial charge in [0, 0.05) is 29.8 Å². The van der Waals surface area contributed by atoms with Crippen molar-refractivity contribution in [2.75, 3.05) is 52.4 Å². The molecule has 0 aliphatic rings. The van der Waals surface area contributed by atoms with E-state index in [1.54, 1.807) is 61.7 Å². The molecule has 0 saturated heterocycles. The number of anilines is 2. The number of likely N-dealkylation sites (N-methyl/N-ethyl adjacent to an activating group) is 1. The van der Waals surface area contributed by atoms with Crippen LogP contribution in [0.15, 0.2) is 72.8 Å². The Hall–Kier alpha value is -5.03. The van der Waals surface area contributed by atoms with Crippen LogP contribution in [0.1, 0.15) is 0 Å². The Morgan fingerprint density at radius 2 is 1.43 bits per heavy atom. The highest BCUT2D eigenvalue weighted by Crippen LogP contribution is 2.33. The molecule has 0 aliphatic carbocycles. The molecule has 11 heteroatoms. The van der Waals surface area contributed by atoms with Crippen molar-refractivity contribution < 1.29 is 24.1 Å². The fourth-order valence-corrected chi connectivity index (χ4v) is 3.49. The number of pyridine rings is 2. The lowest BCUT2D eigenvalue weighted by Gasteiger charge is -2.12. The molecule has 0 spiro atoms. The van der Waals surface area contributed by atoms with Crippen LogP contribution in [0.4, 0.5) is 11.6 Å². The molecule has 0 bridgehead atoms. The first-order valence-electron chi connectivity index (χ1n) is 12.3. The summed E-state index contributed by atoms with van der Waals surface area (Å²) >= 11 is 0. The van der Waals surface area contributed by atoms with Gasteiger partial charge in [-0.1, -0.05) is 12.1 Å². The number of nitrogens with two attached hydrogens (primary N) is 3. The van der Waals surface area contributed by atoms with Gasteiger partial charge in [0.05, 0.1) is 18.5 Å². The second-order valence-corrected chi connectivity index (χ2v) is 8.84. The lowest BCUT2D eigenvalue weighted by Crippen LogP contribution is -2.20. The number of phenols is 1. The van der Waals surface area contributed by atoms with Crippen LogP contribution in [0.3, 0.4) is 0 Å². The van der Waals surface area contributed by atoms with Gasteiger partial charge in [0.25, 0.3) is 5.91 Å². The lowest BCUT2D eigenvalue weighted by molar-refractivity contribution is -0.119. The van der Waals surface area contributed by atoms with Gasteiger partial charge >= 0.3 is 0 Å². The van der Waals surface area contributed by atoms with Gasteiger partial charge < -0.3 is 41.4 Å². The molecule has 7 N–H and O–H groups in total. The van der Waals surface area contributed by atoms with Crippen LogP contribution in [-0.4, -0.2) is 66.8 Å². The van der Waals surface area contributed by atoms with Gasteiger partial charge in [-0.15, -0.1) is 0 Å². The van der Waals surface area contributed by atoms with E-state index in [0.29, 0.717) is 52.4 Å². The van der Waals surface area contributed by atoms with Crippen molar-refractivity contribution in [2.24, 2.45) is 5.73 Å². The molecule has 4 rings (SSSR count). The van der Waals surface area contributed by atoms with Crippen molar-refractivity contribution in [1.82, 2.24) is 14.9 Å². The zero-order valence-electron chi connectivity index (χ0n) is 22.7. The zero-order chi connectivity index (χ0) is 29.1. The molecular weight excluding hydrogens is 512 g/mol. The Morgan fingerprint density at radius 3 is 1.95 bits per heavy atom. The Kier molecular flexibility index (Phi) is 10.5. The van der Waals surface area contributed by atoms with Gasteiger partial charge in [-0.25, -0.2) is 9.97 Å². The lowest BCUT2D eigenvalue weighted by atomic mass is 10.1. The van der Waals surface area contributed by atoms with Crippen LogP contribution in [0.25, 0.3) is 22.5 Å². The minimum atomic E-state index is -0.537. The number of methoxy groups -OCH3 is 1. The molecule has 2 aromatic heterocycles. The molecule has 2 heterocycles. The molecule has 2 aromatic carbocycles. The molecule has 40 heavy (non-hydrogen) atoms. The highest BCUT2D eigenvalue weighted by atomic mass is 16.5. The van der Waals surface area contributed by atoms with Gasteiger partial charge in [0.15, 0.2) is 6.61 Å². The number of benzene rings is 2. The quantitative estimate of drug-likeness (QED) is 0.231. The minimum Gasteiger partial charge on any atom is -0.507 e. The first-order chi connectivity index (χ1) is 19.2. The van der Waals surface area contributed by atoms with E-state index in [4.69, 9.17) is 31.4 Å². The highest BCUT2D eigenvalue weighted by Gasteiger charge is 2.10. The summed E-state index contributed by atoms with van der Waals surface area (Å²) in [5.41, 5.74) is 19.1. The van der Waals surface area contributed by atoms with Crippen molar-refractivity contribution >= 4 is 17.5 Å². The minimum absolute atomic E-state index is 0.130. The molecule has 0 saturated carbocycles. The maximum absolute atomic E-state index is 10.7. The van der Waals surface area contributed by atoms with E-state index in [9.17, 15) is 9.90 Å². The molecule has 0 atom stereocenters. The smallest absolute Gasteiger partial charge is 0.255 e. The van der Waals surface area contributed by atoms with Crippen LogP contribution in [0, 0.1) is 0 Å². The summed E-state index contributed by atoms with van der Waals surface area (Å²) in [4.78, 5) is 21.2. The third-order valence-corrected chi connectivity index (χ3v) is 5.42. The van der Waals surface area contributed by atoms with Gasteiger partial charge in [-0.05, 0) is 62.6 Å². The molecule has 1 amide bonds. The predicted molar refractivity (Wildman–Crippen MR) is 155 cm³/mol. The summed E-state index contributed by atoms with van der Waals surface area (Å²) in [5, 5.41) is 10.1. The van der Waals surface area contributed by atoms with Gasteiger partial charge in [0.2, 0.25) is 0 Å². The van der Waals surface area contributed by atoms with Gasteiger partial charge in [0.1, 0.15) is 41.2 Å². The van der Waals surface area contributed by atoms with Crippen molar-refractivity contribution in [3.05, 3.63) is 72.8 Å². The fourth-order valence-electron chi connectivity index (χ4n) is 3.49. The molecule has 0 aliphatic heterocycles. The molecule has 210 valence electrons. The van der Waals surface area contributed by atoms with Crippen LogP contribution < -0.4 is 31.4 Å². The Labute approximate surface area is 233 Å². The maximum atomic E-state index is 10.7. The molecule has 0 radical (unpaired) electrons. The number of nitrogens with zero attached hydrogens (tertiary/aromatic N) is 3. The number of aromatic hydroxyl groups is 1. The number of amides is 1. The molecule has 0 fully saturated rings. The average molecular weight is 547 g/mol. The summed E-state index contributed by atoms with van der Waals surface area (Å²) < 4.78 is 16.1. The highest BCUT2D eigenvalue weighted by molar-refractivity contribution is 5.75. The predicted octanol–water partition coefficient (Wildman–Crippen LogP) is 3.18. The fraction of sp³-hybridized carbons (Fsp3) is 0.207. The second-order valence-electron chi connectivity index (χ2n) is 8.84. The summed E-state index contributed by atoms with van der Waals surface area (Å²) in [7, 11) is 5.51. The molecule has 11 nitrogen and oxygen atoms in total. The van der Waals surface area contributed by atoms with Crippen molar-refractivity contribution in [3.63, 3.8) is 0 Å². The summed E-state index contributed by atoms with van der Waals surface area (Å²) in [5.74, 6) is 2.15. The monoisotopic (exact) mass is 546 g/mol. The summed E-state index contributed by atoms with van der Waals surface area (Å²) in [6.45, 7) is 1.21. The number of aromatic nitrogens is 2. The van der Waals surface area contributed by atoms with Crippen LogP contribution in [0.2, 0.25) is 0 Å². The number of hydrogen-bond acceptors (Lipinski definition) is 10. The number of ether oxygens (including phenoxy) is 3. The van der Waals surface area contributed by atoms with E-state index in [-0.39, 0.29) is 12.4 Å². The standard InChI is InChI=1S/C15H19N3O2.C14H15N3O3/c1-18(2)8-9-20-11-6-7-12(14(19)10-11)13-4-3-5-15(16)17-13;1-19-12-7-9(20-8-14(16)18)5-6-10(12)11-3-2-4-13(15)17-11/h3-7,10,19H,8-9H2,1-2H3,(H2,16,17);2-7H,8H2,1H3,(H2,15,17)(H2,16,18).